The molecule has 0 aromatic heterocycles. The van der Waals surface area contributed by atoms with Crippen molar-refractivity contribution < 1.29 is 4.39 Å². The monoisotopic (exact) mass is 246 g/mol. The molecule has 0 aliphatic heterocycles. The summed E-state index contributed by atoms with van der Waals surface area (Å²) < 4.78 is 13.2. The van der Waals surface area contributed by atoms with Gasteiger partial charge in [0.25, 0.3) is 0 Å². The van der Waals surface area contributed by atoms with Crippen LogP contribution in [0.2, 0.25) is 5.02 Å². The predicted molar refractivity (Wildman–Crippen MR) is 68.0 cm³/mol. The molecular formula is C15H12ClF. The number of hydrogen-bond donors (Lipinski definition) is 0. The van der Waals surface area contributed by atoms with E-state index in [9.17, 15) is 4.39 Å². The molecule has 0 amide bonds. The van der Waals surface area contributed by atoms with Crippen molar-refractivity contribution in [3.8, 4) is 0 Å². The molecule has 3 rings (SSSR count). The molecule has 0 saturated heterocycles. The second-order valence-corrected chi connectivity index (χ2v) is 4.93. The molecular weight excluding hydrogens is 235 g/mol. The maximum absolute atomic E-state index is 13.2. The Labute approximate surface area is 105 Å². The average molecular weight is 247 g/mol. The van der Waals surface area contributed by atoms with Crippen molar-refractivity contribution >= 4 is 11.6 Å². The Hall–Kier alpha value is -1.34. The van der Waals surface area contributed by atoms with Crippen molar-refractivity contribution in [1.29, 1.82) is 0 Å². The molecule has 0 saturated carbocycles. The molecule has 86 valence electrons. The van der Waals surface area contributed by atoms with Crippen molar-refractivity contribution in [3.05, 3.63) is 70.0 Å². The molecule has 1 aliphatic carbocycles. The minimum absolute atomic E-state index is 0.169. The summed E-state index contributed by atoms with van der Waals surface area (Å²) in [7, 11) is 0. The zero-order chi connectivity index (χ0) is 11.8. The van der Waals surface area contributed by atoms with Crippen LogP contribution in [0.5, 0.6) is 0 Å². The second-order valence-electron chi connectivity index (χ2n) is 4.49. The third-order valence-corrected chi connectivity index (χ3v) is 3.67. The highest BCUT2D eigenvalue weighted by atomic mass is 35.5. The fourth-order valence-corrected chi connectivity index (χ4v) is 2.82. The van der Waals surface area contributed by atoms with Gasteiger partial charge in [-0.3, -0.25) is 0 Å². The first-order chi connectivity index (χ1) is 8.24. The van der Waals surface area contributed by atoms with Crippen LogP contribution >= 0.6 is 11.6 Å². The summed E-state index contributed by atoms with van der Waals surface area (Å²) >= 11 is 6.03. The molecule has 0 nitrogen and oxygen atoms in total. The molecule has 1 unspecified atom stereocenters. The van der Waals surface area contributed by atoms with Gasteiger partial charge in [-0.05, 0) is 53.8 Å². The standard InChI is InChI=1S/C15H12ClF/c16-12-6-4-10-5-7-14(15(10)9-12)11-2-1-3-13(17)8-11/h1-4,6,8-9,14H,5,7H2. The van der Waals surface area contributed by atoms with Crippen LogP contribution < -0.4 is 0 Å². The highest BCUT2D eigenvalue weighted by molar-refractivity contribution is 6.30. The zero-order valence-electron chi connectivity index (χ0n) is 9.29. The smallest absolute Gasteiger partial charge is 0.123 e. The molecule has 0 N–H and O–H groups in total. The topological polar surface area (TPSA) is 0 Å². The van der Waals surface area contributed by atoms with Crippen LogP contribution in [0.25, 0.3) is 0 Å². The summed E-state index contributed by atoms with van der Waals surface area (Å²) in [6, 6.07) is 12.9. The van der Waals surface area contributed by atoms with Crippen LogP contribution in [0.3, 0.4) is 0 Å². The third kappa shape index (κ3) is 1.96. The lowest BCUT2D eigenvalue weighted by Crippen LogP contribution is -1.96. The van der Waals surface area contributed by atoms with E-state index in [1.54, 1.807) is 12.1 Å². The van der Waals surface area contributed by atoms with Gasteiger partial charge in [-0.25, -0.2) is 4.39 Å². The number of fused-ring (bicyclic) bond motifs is 1. The summed E-state index contributed by atoms with van der Waals surface area (Å²) in [6.45, 7) is 0. The van der Waals surface area contributed by atoms with E-state index in [1.165, 1.54) is 17.2 Å². The van der Waals surface area contributed by atoms with Gasteiger partial charge in [-0.1, -0.05) is 29.8 Å². The first-order valence-electron chi connectivity index (χ1n) is 5.78. The van der Waals surface area contributed by atoms with E-state index in [-0.39, 0.29) is 5.82 Å². The third-order valence-electron chi connectivity index (χ3n) is 3.44. The van der Waals surface area contributed by atoms with E-state index >= 15 is 0 Å². The predicted octanol–water partition coefficient (Wildman–Crippen LogP) is 4.56. The van der Waals surface area contributed by atoms with Crippen LogP contribution in [0.15, 0.2) is 42.5 Å². The summed E-state index contributed by atoms with van der Waals surface area (Å²) in [5.41, 5.74) is 3.64. The first kappa shape index (κ1) is 10.8. The molecule has 0 bridgehead atoms. The Morgan fingerprint density at radius 3 is 2.82 bits per heavy atom. The van der Waals surface area contributed by atoms with Crippen molar-refractivity contribution in [2.45, 2.75) is 18.8 Å². The van der Waals surface area contributed by atoms with Gasteiger partial charge in [0.15, 0.2) is 0 Å². The van der Waals surface area contributed by atoms with Crippen LogP contribution in [0.4, 0.5) is 4.39 Å². The van der Waals surface area contributed by atoms with Crippen LogP contribution in [-0.2, 0) is 6.42 Å². The van der Waals surface area contributed by atoms with Gasteiger partial charge in [-0.15, -0.1) is 0 Å². The SMILES string of the molecule is Fc1cccc(C2CCc3ccc(Cl)cc32)c1. The number of aryl methyl sites for hydroxylation is 1. The van der Waals surface area contributed by atoms with E-state index in [0.717, 1.165) is 23.4 Å². The van der Waals surface area contributed by atoms with Gasteiger partial charge >= 0.3 is 0 Å². The van der Waals surface area contributed by atoms with E-state index in [4.69, 9.17) is 11.6 Å². The lowest BCUT2D eigenvalue weighted by molar-refractivity contribution is 0.622. The minimum atomic E-state index is -0.169. The molecule has 2 aromatic rings. The Balaban J connectivity index is 2.06. The minimum Gasteiger partial charge on any atom is -0.207 e. The van der Waals surface area contributed by atoms with Crippen molar-refractivity contribution in [1.82, 2.24) is 0 Å². The maximum atomic E-state index is 13.2. The highest BCUT2D eigenvalue weighted by Gasteiger charge is 2.24. The highest BCUT2D eigenvalue weighted by Crippen LogP contribution is 2.39. The number of rotatable bonds is 1. The normalized spacial score (nSPS) is 18.1. The second kappa shape index (κ2) is 4.15. The molecule has 1 aliphatic rings. The van der Waals surface area contributed by atoms with Crippen molar-refractivity contribution in [3.63, 3.8) is 0 Å². The molecule has 2 heteroatoms. The van der Waals surface area contributed by atoms with E-state index in [0.29, 0.717) is 5.92 Å². The number of hydrogen-bond acceptors (Lipinski definition) is 0. The van der Waals surface area contributed by atoms with E-state index in [1.807, 2.05) is 18.2 Å². The quantitative estimate of drug-likeness (QED) is 0.692. The van der Waals surface area contributed by atoms with Crippen LogP contribution in [0, 0.1) is 5.82 Å². The van der Waals surface area contributed by atoms with Crippen LogP contribution in [0.1, 0.15) is 29.0 Å². The molecule has 0 fully saturated rings. The van der Waals surface area contributed by atoms with Crippen molar-refractivity contribution in [2.24, 2.45) is 0 Å². The van der Waals surface area contributed by atoms with Crippen molar-refractivity contribution in [2.75, 3.05) is 0 Å². The average Bonchev–Trinajstić information content (AvgIpc) is 2.71. The molecule has 0 radical (unpaired) electrons. The van der Waals surface area contributed by atoms with Gasteiger partial charge < -0.3 is 0 Å². The van der Waals surface area contributed by atoms with Gasteiger partial charge in [0.1, 0.15) is 5.82 Å². The van der Waals surface area contributed by atoms with E-state index < -0.39 is 0 Å². The molecule has 0 heterocycles. The lowest BCUT2D eigenvalue weighted by Gasteiger charge is -2.12. The Kier molecular flexibility index (Phi) is 2.64. The summed E-state index contributed by atoms with van der Waals surface area (Å²) in [4.78, 5) is 0. The summed E-state index contributed by atoms with van der Waals surface area (Å²) in [5, 5.41) is 0.757. The maximum Gasteiger partial charge on any atom is 0.123 e. The van der Waals surface area contributed by atoms with Gasteiger partial charge in [0.05, 0.1) is 0 Å². The number of benzene rings is 2. The Morgan fingerprint density at radius 2 is 2.00 bits per heavy atom. The zero-order valence-corrected chi connectivity index (χ0v) is 10.0. The lowest BCUT2D eigenvalue weighted by atomic mass is 9.93. The first-order valence-corrected chi connectivity index (χ1v) is 6.15. The van der Waals surface area contributed by atoms with Crippen LogP contribution in [-0.4, -0.2) is 0 Å². The fraction of sp³-hybridized carbons (Fsp3) is 0.200. The molecule has 17 heavy (non-hydrogen) atoms. The summed E-state index contributed by atoms with van der Waals surface area (Å²) in [5.74, 6) is 0.123. The molecule has 0 spiro atoms. The molecule has 1 atom stereocenters. The summed E-state index contributed by atoms with van der Waals surface area (Å²) in [6.07, 6.45) is 2.09. The van der Waals surface area contributed by atoms with Gasteiger partial charge in [-0.2, -0.15) is 0 Å². The fourth-order valence-electron chi connectivity index (χ4n) is 2.64. The van der Waals surface area contributed by atoms with E-state index in [2.05, 4.69) is 6.07 Å². The van der Waals surface area contributed by atoms with Gasteiger partial charge in [0, 0.05) is 10.9 Å². The molecule has 2 aromatic carbocycles. The number of halogens is 2. The largest absolute Gasteiger partial charge is 0.207 e. The Bertz CT molecular complexity index is 563. The Morgan fingerprint density at radius 1 is 1.12 bits per heavy atom. The van der Waals surface area contributed by atoms with Gasteiger partial charge in [0.2, 0.25) is 0 Å².